The van der Waals surface area contributed by atoms with E-state index in [4.69, 9.17) is 9.53 Å². The minimum Gasteiger partial charge on any atom is -0.481 e. The minimum absolute atomic E-state index is 0.0149. The van der Waals surface area contributed by atoms with Crippen LogP contribution in [0.4, 0.5) is 0 Å². The van der Waals surface area contributed by atoms with E-state index in [1.165, 1.54) is 0 Å². The van der Waals surface area contributed by atoms with Crippen molar-refractivity contribution in [2.45, 2.75) is 51.7 Å². The van der Waals surface area contributed by atoms with Crippen molar-refractivity contribution >= 4 is 15.7 Å². The predicted octanol–water partition coefficient (Wildman–Crippen LogP) is 1.56. The van der Waals surface area contributed by atoms with Crippen LogP contribution in [0.5, 0.6) is 0 Å². The molecular formula is C9H20O3Si. The molecule has 0 saturated carbocycles. The fraction of sp³-hybridized carbons (Fsp3) is 0.889. The van der Waals surface area contributed by atoms with Gasteiger partial charge in [-0.3, -0.25) is 4.79 Å². The Morgan fingerprint density at radius 1 is 1.38 bits per heavy atom. The Morgan fingerprint density at radius 2 is 2.00 bits per heavy atom. The molecule has 0 radical (unpaired) electrons. The van der Waals surface area contributed by atoms with Crippen LogP contribution < -0.4 is 0 Å². The van der Waals surface area contributed by atoms with Crippen molar-refractivity contribution < 1.29 is 14.3 Å². The summed E-state index contributed by atoms with van der Waals surface area (Å²) in [5.41, 5.74) is -0.0149. The van der Waals surface area contributed by atoms with Crippen molar-refractivity contribution in [3.63, 3.8) is 0 Å². The van der Waals surface area contributed by atoms with E-state index in [9.17, 15) is 4.79 Å². The van der Waals surface area contributed by atoms with Crippen molar-refractivity contribution in [2.75, 3.05) is 0 Å². The van der Waals surface area contributed by atoms with Crippen LogP contribution in [0, 0.1) is 0 Å². The smallest absolute Gasteiger partial charge is 0.303 e. The van der Waals surface area contributed by atoms with Crippen LogP contribution in [0.15, 0.2) is 0 Å². The molecule has 0 atom stereocenters. The van der Waals surface area contributed by atoms with Gasteiger partial charge in [-0.2, -0.15) is 0 Å². The summed E-state index contributed by atoms with van der Waals surface area (Å²) < 4.78 is 5.63. The van der Waals surface area contributed by atoms with Gasteiger partial charge in [0.2, 0.25) is 0 Å². The third-order valence-electron chi connectivity index (χ3n) is 1.57. The number of aliphatic carboxylic acids is 1. The van der Waals surface area contributed by atoms with Crippen LogP contribution in [0.2, 0.25) is 6.04 Å². The molecule has 0 spiro atoms. The number of carboxylic acids is 1. The Balaban J connectivity index is 3.13. The molecular weight excluding hydrogens is 184 g/mol. The number of unbranched alkanes of at least 4 members (excludes halogenated alkanes) is 1. The lowest BCUT2D eigenvalue weighted by molar-refractivity contribution is -0.137. The van der Waals surface area contributed by atoms with E-state index in [2.05, 4.69) is 20.8 Å². The maximum atomic E-state index is 10.2. The second kappa shape index (κ2) is 6.15. The average molecular weight is 204 g/mol. The molecule has 0 aliphatic rings. The van der Waals surface area contributed by atoms with Gasteiger partial charge in [0.05, 0.1) is 0 Å². The lowest BCUT2D eigenvalue weighted by Crippen LogP contribution is -2.21. The molecule has 0 aromatic carbocycles. The molecule has 78 valence electrons. The highest BCUT2D eigenvalue weighted by Gasteiger charge is 2.08. The topological polar surface area (TPSA) is 46.5 Å². The molecule has 0 saturated heterocycles. The van der Waals surface area contributed by atoms with Gasteiger partial charge in [-0.15, -0.1) is 0 Å². The van der Waals surface area contributed by atoms with Gasteiger partial charge in [0.25, 0.3) is 0 Å². The van der Waals surface area contributed by atoms with Gasteiger partial charge in [0, 0.05) is 12.0 Å². The molecule has 0 amide bonds. The van der Waals surface area contributed by atoms with Crippen molar-refractivity contribution in [1.29, 1.82) is 0 Å². The Bertz CT molecular complexity index is 151. The summed E-state index contributed by atoms with van der Waals surface area (Å²) in [7, 11) is -0.431. The Hall–Kier alpha value is -0.353. The molecule has 0 aliphatic heterocycles. The summed E-state index contributed by atoms with van der Waals surface area (Å²) in [6.07, 6.45) is 2.08. The highest BCUT2D eigenvalue weighted by atomic mass is 28.2. The molecule has 4 heteroatoms. The van der Waals surface area contributed by atoms with Crippen molar-refractivity contribution in [2.24, 2.45) is 0 Å². The summed E-state index contributed by atoms with van der Waals surface area (Å²) in [5, 5.41) is 8.38. The zero-order chi connectivity index (χ0) is 10.3. The van der Waals surface area contributed by atoms with Gasteiger partial charge >= 0.3 is 5.97 Å². The molecule has 13 heavy (non-hydrogen) atoms. The van der Waals surface area contributed by atoms with E-state index in [1.807, 2.05) is 0 Å². The van der Waals surface area contributed by atoms with Crippen molar-refractivity contribution in [1.82, 2.24) is 0 Å². The molecule has 1 N–H and O–H groups in total. The highest BCUT2D eigenvalue weighted by molar-refractivity contribution is 6.27. The summed E-state index contributed by atoms with van der Waals surface area (Å²) in [5.74, 6) is -0.696. The number of hydrogen-bond acceptors (Lipinski definition) is 2. The molecule has 0 aliphatic carbocycles. The molecule has 0 fully saturated rings. The molecule has 3 nitrogen and oxygen atoms in total. The molecule has 0 unspecified atom stereocenters. The molecule has 0 heterocycles. The number of carbonyl (C=O) groups is 1. The van der Waals surface area contributed by atoms with E-state index < -0.39 is 15.7 Å². The van der Waals surface area contributed by atoms with Gasteiger partial charge in [0.1, 0.15) is 0 Å². The van der Waals surface area contributed by atoms with Crippen LogP contribution in [-0.2, 0) is 9.22 Å². The largest absolute Gasteiger partial charge is 0.481 e. The monoisotopic (exact) mass is 204 g/mol. The summed E-state index contributed by atoms with van der Waals surface area (Å²) in [4.78, 5) is 10.2. The van der Waals surface area contributed by atoms with E-state index in [0.29, 0.717) is 6.42 Å². The van der Waals surface area contributed by atoms with Crippen molar-refractivity contribution in [3.05, 3.63) is 0 Å². The van der Waals surface area contributed by atoms with E-state index in [0.717, 1.165) is 18.9 Å². The summed E-state index contributed by atoms with van der Waals surface area (Å²) in [6.45, 7) is 6.16. The van der Waals surface area contributed by atoms with Crippen LogP contribution in [-0.4, -0.2) is 26.4 Å². The second-order valence-corrected chi connectivity index (χ2v) is 5.57. The lowest BCUT2D eigenvalue weighted by Gasteiger charge is -2.19. The molecule has 0 aromatic heterocycles. The Kier molecular flexibility index (Phi) is 5.99. The summed E-state index contributed by atoms with van der Waals surface area (Å²) >= 11 is 0. The van der Waals surface area contributed by atoms with E-state index in [1.54, 1.807) is 0 Å². The van der Waals surface area contributed by atoms with Gasteiger partial charge < -0.3 is 9.53 Å². The first kappa shape index (κ1) is 12.6. The standard InChI is InChI=1S/C9H20O3Si/c1-9(2,3)12-13-7-5-4-6-8(10)11/h4-7,13H2,1-3H3,(H,10,11). The Morgan fingerprint density at radius 3 is 2.46 bits per heavy atom. The maximum absolute atomic E-state index is 10.2. The third-order valence-corrected chi connectivity index (χ3v) is 3.43. The van der Waals surface area contributed by atoms with Gasteiger partial charge in [-0.25, -0.2) is 0 Å². The van der Waals surface area contributed by atoms with Crippen LogP contribution in [0.25, 0.3) is 0 Å². The number of carboxylic acid groups (broad SMARTS) is 1. The third kappa shape index (κ3) is 11.6. The number of hydrogen-bond donors (Lipinski definition) is 1. The van der Waals surface area contributed by atoms with Gasteiger partial charge in [-0.05, 0) is 33.2 Å². The quantitative estimate of drug-likeness (QED) is 0.527. The summed E-state index contributed by atoms with van der Waals surface area (Å²) in [6, 6.07) is 1.09. The fourth-order valence-corrected chi connectivity index (χ4v) is 2.25. The second-order valence-electron chi connectivity index (χ2n) is 4.17. The maximum Gasteiger partial charge on any atom is 0.303 e. The predicted molar refractivity (Wildman–Crippen MR) is 55.7 cm³/mol. The lowest BCUT2D eigenvalue weighted by atomic mass is 10.2. The zero-order valence-corrected chi connectivity index (χ0v) is 10.2. The van der Waals surface area contributed by atoms with Crippen LogP contribution >= 0.6 is 0 Å². The van der Waals surface area contributed by atoms with Crippen LogP contribution in [0.3, 0.4) is 0 Å². The minimum atomic E-state index is -0.696. The van der Waals surface area contributed by atoms with Crippen molar-refractivity contribution in [3.8, 4) is 0 Å². The highest BCUT2D eigenvalue weighted by Crippen LogP contribution is 2.07. The first-order valence-corrected chi connectivity index (χ1v) is 6.35. The fourth-order valence-electron chi connectivity index (χ4n) is 0.933. The Labute approximate surface area is 82.4 Å². The molecule has 0 aromatic rings. The van der Waals surface area contributed by atoms with E-state index in [-0.39, 0.29) is 5.60 Å². The zero-order valence-electron chi connectivity index (χ0n) is 8.80. The van der Waals surface area contributed by atoms with Gasteiger partial charge in [0.15, 0.2) is 9.76 Å². The van der Waals surface area contributed by atoms with Gasteiger partial charge in [-0.1, -0.05) is 6.42 Å². The van der Waals surface area contributed by atoms with Crippen LogP contribution in [0.1, 0.15) is 40.0 Å². The molecule has 0 rings (SSSR count). The normalized spacial score (nSPS) is 12.5. The first-order chi connectivity index (χ1) is 5.92. The van der Waals surface area contributed by atoms with E-state index >= 15 is 0 Å². The SMILES string of the molecule is CC(C)(C)O[SiH2]CCCCC(=O)O. The molecule has 0 bridgehead atoms. The first-order valence-electron chi connectivity index (χ1n) is 4.77. The number of rotatable bonds is 6. The average Bonchev–Trinajstić information content (AvgIpc) is 1.93.